The summed E-state index contributed by atoms with van der Waals surface area (Å²) in [5.41, 5.74) is -0.774. The van der Waals surface area contributed by atoms with Crippen LogP contribution in [0.5, 0.6) is 0 Å². The van der Waals surface area contributed by atoms with Crippen LogP contribution in [0.2, 0.25) is 0 Å². The maximum atomic E-state index is 14.2. The Morgan fingerprint density at radius 3 is 2.57 bits per heavy atom. The molecule has 0 aliphatic carbocycles. The molecule has 2 N–H and O–H groups in total. The molecule has 2 aromatic carbocycles. The Hall–Kier alpha value is -3.03. The van der Waals surface area contributed by atoms with E-state index >= 15 is 0 Å². The van der Waals surface area contributed by atoms with Crippen LogP contribution >= 0.6 is 0 Å². The molecule has 0 saturated heterocycles. The van der Waals surface area contributed by atoms with Crippen LogP contribution in [-0.4, -0.2) is 16.1 Å². The third kappa shape index (κ3) is 2.96. The SMILES string of the molecule is O=C(O)Cc1cc(F)c2nc(Nc3ccc(F)cc3)oc2c1F. The molecule has 0 atom stereocenters. The molecule has 0 saturated carbocycles. The summed E-state index contributed by atoms with van der Waals surface area (Å²) in [5.74, 6) is -3.62. The monoisotopic (exact) mass is 322 g/mol. The van der Waals surface area contributed by atoms with Gasteiger partial charge in [-0.3, -0.25) is 4.79 Å². The molecule has 0 fully saturated rings. The Balaban J connectivity index is 2.00. The molecule has 0 aliphatic rings. The lowest BCUT2D eigenvalue weighted by molar-refractivity contribution is -0.136. The minimum absolute atomic E-state index is 0.197. The molecular formula is C15H9F3N2O3. The predicted molar refractivity (Wildman–Crippen MR) is 74.9 cm³/mol. The minimum atomic E-state index is -1.30. The van der Waals surface area contributed by atoms with Gasteiger partial charge in [-0.2, -0.15) is 4.98 Å². The molecule has 8 heteroatoms. The molecule has 0 unspecified atom stereocenters. The maximum Gasteiger partial charge on any atom is 0.307 e. The van der Waals surface area contributed by atoms with Gasteiger partial charge in [-0.15, -0.1) is 0 Å². The number of hydrogen-bond donors (Lipinski definition) is 2. The third-order valence-electron chi connectivity index (χ3n) is 3.07. The Kier molecular flexibility index (Phi) is 3.65. The first-order chi connectivity index (χ1) is 10.9. The first-order valence-corrected chi connectivity index (χ1v) is 6.46. The van der Waals surface area contributed by atoms with Crippen molar-refractivity contribution < 1.29 is 27.5 Å². The van der Waals surface area contributed by atoms with E-state index in [4.69, 9.17) is 9.52 Å². The summed E-state index contributed by atoms with van der Waals surface area (Å²) < 4.78 is 46.0. The van der Waals surface area contributed by atoms with Gasteiger partial charge in [0, 0.05) is 11.3 Å². The maximum absolute atomic E-state index is 14.2. The highest BCUT2D eigenvalue weighted by molar-refractivity contribution is 5.79. The van der Waals surface area contributed by atoms with Gasteiger partial charge >= 0.3 is 5.97 Å². The van der Waals surface area contributed by atoms with Gasteiger partial charge in [0.05, 0.1) is 6.42 Å². The Morgan fingerprint density at radius 2 is 1.91 bits per heavy atom. The number of halogens is 3. The topological polar surface area (TPSA) is 75.4 Å². The molecule has 0 spiro atoms. The number of aromatic nitrogens is 1. The highest BCUT2D eigenvalue weighted by Gasteiger charge is 2.20. The second-order valence-electron chi connectivity index (χ2n) is 4.73. The molecule has 0 bridgehead atoms. The number of oxazole rings is 1. The van der Waals surface area contributed by atoms with Crippen LogP contribution in [-0.2, 0) is 11.2 Å². The number of carbonyl (C=O) groups is 1. The fourth-order valence-electron chi connectivity index (χ4n) is 2.06. The van der Waals surface area contributed by atoms with Crippen molar-refractivity contribution in [1.82, 2.24) is 4.98 Å². The first-order valence-electron chi connectivity index (χ1n) is 6.46. The van der Waals surface area contributed by atoms with Crippen molar-refractivity contribution in [2.75, 3.05) is 5.32 Å². The van der Waals surface area contributed by atoms with Gasteiger partial charge in [0.1, 0.15) is 5.82 Å². The Bertz CT molecular complexity index is 891. The summed E-state index contributed by atoms with van der Waals surface area (Å²) in [7, 11) is 0. The molecule has 5 nitrogen and oxygen atoms in total. The predicted octanol–water partition coefficient (Wildman–Crippen LogP) is 3.62. The lowest BCUT2D eigenvalue weighted by Gasteiger charge is -2.00. The summed E-state index contributed by atoms with van der Waals surface area (Å²) in [6.45, 7) is 0. The standard InChI is InChI=1S/C15H9F3N2O3/c16-8-1-3-9(4-2-8)19-15-20-13-10(17)5-7(6-11(21)22)12(18)14(13)23-15/h1-5H,6H2,(H,19,20)(H,21,22). The number of carboxylic acid groups (broad SMARTS) is 1. The van der Waals surface area contributed by atoms with Crippen molar-refractivity contribution in [3.8, 4) is 0 Å². The van der Waals surface area contributed by atoms with E-state index in [9.17, 15) is 18.0 Å². The van der Waals surface area contributed by atoms with Crippen LogP contribution in [0.1, 0.15) is 5.56 Å². The Labute approximate surface area is 127 Å². The van der Waals surface area contributed by atoms with Crippen molar-refractivity contribution in [3.05, 3.63) is 53.3 Å². The molecule has 1 heterocycles. The van der Waals surface area contributed by atoms with E-state index in [0.717, 1.165) is 6.07 Å². The smallest absolute Gasteiger partial charge is 0.307 e. The third-order valence-corrected chi connectivity index (χ3v) is 3.07. The van der Waals surface area contributed by atoms with Crippen LogP contribution in [0.3, 0.4) is 0 Å². The molecule has 0 radical (unpaired) electrons. The van der Waals surface area contributed by atoms with Gasteiger partial charge in [0.15, 0.2) is 22.7 Å². The van der Waals surface area contributed by atoms with Crippen LogP contribution < -0.4 is 5.32 Å². The first kappa shape index (κ1) is 14.9. The molecule has 0 amide bonds. The quantitative estimate of drug-likeness (QED) is 0.767. The number of benzene rings is 2. The largest absolute Gasteiger partial charge is 0.481 e. The fourth-order valence-corrected chi connectivity index (χ4v) is 2.06. The summed E-state index contributed by atoms with van der Waals surface area (Å²) in [5, 5.41) is 11.3. The van der Waals surface area contributed by atoms with E-state index in [1.54, 1.807) is 0 Å². The summed E-state index contributed by atoms with van der Waals surface area (Å²) >= 11 is 0. The number of nitrogens with zero attached hydrogens (tertiary/aromatic N) is 1. The van der Waals surface area contributed by atoms with Gasteiger partial charge < -0.3 is 14.8 Å². The average Bonchev–Trinajstić information content (AvgIpc) is 2.91. The van der Waals surface area contributed by atoms with Crippen molar-refractivity contribution in [3.63, 3.8) is 0 Å². The lowest BCUT2D eigenvalue weighted by Crippen LogP contribution is -2.03. The number of aliphatic carboxylic acids is 1. The number of hydrogen-bond acceptors (Lipinski definition) is 4. The summed E-state index contributed by atoms with van der Waals surface area (Å²) in [6.07, 6.45) is -0.680. The second-order valence-corrected chi connectivity index (χ2v) is 4.73. The van der Waals surface area contributed by atoms with Crippen molar-refractivity contribution in [1.29, 1.82) is 0 Å². The molecule has 1 aromatic heterocycles. The van der Waals surface area contributed by atoms with Gasteiger partial charge in [0.25, 0.3) is 6.01 Å². The highest BCUT2D eigenvalue weighted by Crippen LogP contribution is 2.28. The minimum Gasteiger partial charge on any atom is -0.481 e. The summed E-state index contributed by atoms with van der Waals surface area (Å²) in [6, 6.07) is 5.75. The van der Waals surface area contributed by atoms with Crippen LogP contribution in [0, 0.1) is 17.5 Å². The number of rotatable bonds is 4. The molecule has 23 heavy (non-hydrogen) atoms. The van der Waals surface area contributed by atoms with Crippen molar-refractivity contribution in [2.45, 2.75) is 6.42 Å². The highest BCUT2D eigenvalue weighted by atomic mass is 19.1. The van der Waals surface area contributed by atoms with Gasteiger partial charge in [-0.05, 0) is 30.3 Å². The molecular weight excluding hydrogens is 313 g/mol. The van der Waals surface area contributed by atoms with Crippen molar-refractivity contribution in [2.24, 2.45) is 0 Å². The van der Waals surface area contributed by atoms with Gasteiger partial charge in [0.2, 0.25) is 0 Å². The van der Waals surface area contributed by atoms with Gasteiger partial charge in [-0.1, -0.05) is 0 Å². The van der Waals surface area contributed by atoms with E-state index in [1.807, 2.05) is 0 Å². The van der Waals surface area contributed by atoms with E-state index in [-0.39, 0.29) is 17.1 Å². The normalized spacial score (nSPS) is 10.9. The average molecular weight is 322 g/mol. The number of carboxylic acids is 1. The fraction of sp³-hybridized carbons (Fsp3) is 0.0667. The molecule has 118 valence electrons. The van der Waals surface area contributed by atoms with E-state index < -0.39 is 35.4 Å². The van der Waals surface area contributed by atoms with E-state index in [0.29, 0.717) is 5.69 Å². The van der Waals surface area contributed by atoms with Crippen LogP contribution in [0.4, 0.5) is 24.9 Å². The number of nitrogens with one attached hydrogen (secondary N) is 1. The molecule has 3 rings (SSSR count). The van der Waals surface area contributed by atoms with Crippen molar-refractivity contribution >= 4 is 28.8 Å². The van der Waals surface area contributed by atoms with Crippen LogP contribution in [0.15, 0.2) is 34.7 Å². The zero-order valence-corrected chi connectivity index (χ0v) is 11.4. The van der Waals surface area contributed by atoms with E-state index in [2.05, 4.69) is 10.3 Å². The lowest BCUT2D eigenvalue weighted by atomic mass is 10.1. The zero-order chi connectivity index (χ0) is 16.6. The van der Waals surface area contributed by atoms with E-state index in [1.165, 1.54) is 24.3 Å². The van der Waals surface area contributed by atoms with Gasteiger partial charge in [-0.25, -0.2) is 13.2 Å². The Morgan fingerprint density at radius 1 is 1.22 bits per heavy atom. The molecule has 3 aromatic rings. The number of anilines is 2. The summed E-state index contributed by atoms with van der Waals surface area (Å²) in [4.78, 5) is 14.4. The molecule has 0 aliphatic heterocycles. The van der Waals surface area contributed by atoms with Crippen LogP contribution in [0.25, 0.3) is 11.1 Å². The zero-order valence-electron chi connectivity index (χ0n) is 11.4. The second kappa shape index (κ2) is 5.64. The number of fused-ring (bicyclic) bond motifs is 1.